The average molecular weight is 189 g/mol. The molecule has 0 aromatic rings. The first-order valence-corrected chi connectivity index (χ1v) is 4.37. The summed E-state index contributed by atoms with van der Waals surface area (Å²) in [6.07, 6.45) is 1.32. The van der Waals surface area contributed by atoms with E-state index in [0.717, 1.165) is 0 Å². The van der Waals surface area contributed by atoms with Crippen LogP contribution in [0.1, 0.15) is 26.7 Å². The van der Waals surface area contributed by atoms with Gasteiger partial charge in [0.15, 0.2) is 0 Å². The van der Waals surface area contributed by atoms with Crippen LogP contribution in [0, 0.1) is 5.41 Å². The van der Waals surface area contributed by atoms with Gasteiger partial charge >= 0.3 is 5.97 Å². The summed E-state index contributed by atoms with van der Waals surface area (Å²) in [5.41, 5.74) is 3.53. The molecule has 0 radical (unpaired) electrons. The number of carbonyl (C=O) groups is 1. The number of halogens is 1. The Hall–Kier alpha value is -0.640. The molecule has 1 saturated carbocycles. The van der Waals surface area contributed by atoms with Crippen LogP contribution in [0.4, 0.5) is 4.39 Å². The molecule has 1 fully saturated rings. The van der Waals surface area contributed by atoms with Crippen molar-refractivity contribution < 1.29 is 13.9 Å². The van der Waals surface area contributed by atoms with E-state index in [2.05, 4.69) is 4.74 Å². The van der Waals surface area contributed by atoms with Crippen LogP contribution in [0.15, 0.2) is 0 Å². The topological polar surface area (TPSA) is 52.3 Å². The van der Waals surface area contributed by atoms with Gasteiger partial charge in [-0.05, 0) is 26.7 Å². The Morgan fingerprint density at radius 1 is 1.62 bits per heavy atom. The zero-order chi connectivity index (χ0) is 10.3. The van der Waals surface area contributed by atoms with Gasteiger partial charge in [-0.2, -0.15) is 0 Å². The van der Waals surface area contributed by atoms with E-state index in [4.69, 9.17) is 5.73 Å². The summed E-state index contributed by atoms with van der Waals surface area (Å²) in [5.74, 6) is -0.525. The number of esters is 1. The molecule has 0 aliphatic heterocycles. The van der Waals surface area contributed by atoms with Crippen molar-refractivity contribution in [3.05, 3.63) is 0 Å². The molecule has 1 aliphatic rings. The van der Waals surface area contributed by atoms with Crippen LogP contribution in [-0.4, -0.2) is 24.8 Å². The molecule has 1 aliphatic carbocycles. The van der Waals surface area contributed by atoms with E-state index in [1.54, 1.807) is 0 Å². The molecule has 1 unspecified atom stereocenters. The van der Waals surface area contributed by atoms with Crippen LogP contribution in [-0.2, 0) is 9.53 Å². The highest BCUT2D eigenvalue weighted by Crippen LogP contribution is 2.57. The highest BCUT2D eigenvalue weighted by atomic mass is 19.1. The molecule has 1 atom stereocenters. The summed E-state index contributed by atoms with van der Waals surface area (Å²) < 4.78 is 18.2. The molecular weight excluding hydrogens is 173 g/mol. The number of methoxy groups -OCH3 is 1. The maximum absolute atomic E-state index is 13.7. The molecule has 0 bridgehead atoms. The van der Waals surface area contributed by atoms with Gasteiger partial charge in [-0.1, -0.05) is 0 Å². The van der Waals surface area contributed by atoms with Crippen molar-refractivity contribution in [2.24, 2.45) is 11.1 Å². The van der Waals surface area contributed by atoms with Gasteiger partial charge in [-0.15, -0.1) is 0 Å². The van der Waals surface area contributed by atoms with Crippen LogP contribution in [0.5, 0.6) is 0 Å². The molecule has 0 aromatic heterocycles. The number of hydrogen-bond donors (Lipinski definition) is 1. The van der Waals surface area contributed by atoms with Crippen molar-refractivity contribution in [3.8, 4) is 0 Å². The van der Waals surface area contributed by atoms with Crippen LogP contribution in [0.2, 0.25) is 0 Å². The van der Waals surface area contributed by atoms with Crippen molar-refractivity contribution in [2.45, 2.75) is 38.4 Å². The fourth-order valence-electron chi connectivity index (χ4n) is 1.76. The van der Waals surface area contributed by atoms with Gasteiger partial charge in [-0.25, -0.2) is 4.39 Å². The largest absolute Gasteiger partial charge is 0.468 e. The number of ether oxygens (including phenoxy) is 1. The van der Waals surface area contributed by atoms with E-state index in [0.29, 0.717) is 12.8 Å². The van der Waals surface area contributed by atoms with Gasteiger partial charge in [-0.3, -0.25) is 4.79 Å². The molecule has 2 N–H and O–H groups in total. The average Bonchev–Trinajstić information content (AvgIpc) is 2.80. The lowest BCUT2D eigenvalue weighted by Gasteiger charge is -2.30. The lowest BCUT2D eigenvalue weighted by molar-refractivity contribution is -0.146. The quantitative estimate of drug-likeness (QED) is 0.674. The maximum Gasteiger partial charge on any atom is 0.323 e. The zero-order valence-corrected chi connectivity index (χ0v) is 8.26. The third kappa shape index (κ3) is 1.55. The lowest BCUT2D eigenvalue weighted by Crippen LogP contribution is -2.48. The smallest absolute Gasteiger partial charge is 0.323 e. The molecular formula is C9H16FNO2. The fourth-order valence-corrected chi connectivity index (χ4v) is 1.76. The van der Waals surface area contributed by atoms with Crippen LogP contribution in [0.3, 0.4) is 0 Å². The Morgan fingerprint density at radius 2 is 2.08 bits per heavy atom. The van der Waals surface area contributed by atoms with E-state index in [1.807, 2.05) is 0 Å². The molecule has 0 amide bonds. The van der Waals surface area contributed by atoms with E-state index >= 15 is 0 Å². The number of hydrogen-bond acceptors (Lipinski definition) is 3. The van der Waals surface area contributed by atoms with Crippen molar-refractivity contribution in [1.29, 1.82) is 0 Å². The lowest BCUT2D eigenvalue weighted by atomic mass is 9.83. The fraction of sp³-hybridized carbons (Fsp3) is 0.889. The van der Waals surface area contributed by atoms with E-state index in [9.17, 15) is 9.18 Å². The van der Waals surface area contributed by atoms with E-state index in [-0.39, 0.29) is 0 Å². The molecule has 0 aromatic carbocycles. The van der Waals surface area contributed by atoms with Gasteiger partial charge < -0.3 is 10.5 Å². The van der Waals surface area contributed by atoms with Gasteiger partial charge in [0.25, 0.3) is 0 Å². The first-order chi connectivity index (χ1) is 5.85. The normalized spacial score (nSPS) is 22.2. The molecule has 0 heterocycles. The molecule has 4 heteroatoms. The SMILES string of the molecule is COC(=O)C(N)C1(C(C)(C)F)CC1. The summed E-state index contributed by atoms with van der Waals surface area (Å²) in [6, 6.07) is -0.836. The minimum absolute atomic E-state index is 0.525. The summed E-state index contributed by atoms with van der Waals surface area (Å²) in [5, 5.41) is 0. The van der Waals surface area contributed by atoms with Crippen molar-refractivity contribution in [1.82, 2.24) is 0 Å². The summed E-state index contributed by atoms with van der Waals surface area (Å²) in [6.45, 7) is 2.92. The second-order valence-corrected chi connectivity index (χ2v) is 4.13. The van der Waals surface area contributed by atoms with Gasteiger partial charge in [0.2, 0.25) is 0 Å². The predicted octanol–water partition coefficient (Wildman–Crippen LogP) is 1.01. The number of rotatable bonds is 3. The Balaban J connectivity index is 2.77. The first kappa shape index (κ1) is 10.4. The second-order valence-electron chi connectivity index (χ2n) is 4.13. The predicted molar refractivity (Wildman–Crippen MR) is 46.8 cm³/mol. The molecule has 76 valence electrons. The monoisotopic (exact) mass is 189 g/mol. The minimum Gasteiger partial charge on any atom is -0.468 e. The van der Waals surface area contributed by atoms with Gasteiger partial charge in [0.1, 0.15) is 11.7 Å². The molecule has 13 heavy (non-hydrogen) atoms. The Morgan fingerprint density at radius 3 is 2.31 bits per heavy atom. The van der Waals surface area contributed by atoms with Crippen LogP contribution in [0.25, 0.3) is 0 Å². The third-order valence-corrected chi connectivity index (χ3v) is 3.02. The molecule has 1 rings (SSSR count). The zero-order valence-electron chi connectivity index (χ0n) is 8.26. The van der Waals surface area contributed by atoms with Crippen LogP contribution < -0.4 is 5.73 Å². The van der Waals surface area contributed by atoms with Gasteiger partial charge in [0.05, 0.1) is 7.11 Å². The van der Waals surface area contributed by atoms with Crippen molar-refractivity contribution >= 4 is 5.97 Å². The van der Waals surface area contributed by atoms with E-state index in [1.165, 1.54) is 21.0 Å². The Kier molecular flexibility index (Phi) is 2.36. The number of alkyl halides is 1. The molecule has 0 spiro atoms. The highest BCUT2D eigenvalue weighted by Gasteiger charge is 2.61. The number of nitrogens with two attached hydrogens (primary N) is 1. The van der Waals surface area contributed by atoms with Crippen molar-refractivity contribution in [2.75, 3.05) is 7.11 Å². The maximum atomic E-state index is 13.7. The van der Waals surface area contributed by atoms with Crippen molar-refractivity contribution in [3.63, 3.8) is 0 Å². The highest BCUT2D eigenvalue weighted by molar-refractivity contribution is 5.77. The minimum atomic E-state index is -1.42. The second kappa shape index (κ2) is 2.94. The van der Waals surface area contributed by atoms with Gasteiger partial charge in [0, 0.05) is 5.41 Å². The Labute approximate surface area is 77.4 Å². The summed E-state index contributed by atoms with van der Waals surface area (Å²) in [4.78, 5) is 11.1. The van der Waals surface area contributed by atoms with E-state index < -0.39 is 23.1 Å². The Bertz CT molecular complexity index is 218. The standard InChI is InChI=1S/C9H16FNO2/c1-8(2,10)9(4-5-9)6(11)7(12)13-3/h6H,4-5,11H2,1-3H3. The van der Waals surface area contributed by atoms with Crippen LogP contribution >= 0.6 is 0 Å². The summed E-state index contributed by atoms with van der Waals surface area (Å²) >= 11 is 0. The molecule has 0 saturated heterocycles. The number of carbonyl (C=O) groups excluding carboxylic acids is 1. The summed E-state index contributed by atoms with van der Waals surface area (Å²) in [7, 11) is 1.27. The third-order valence-electron chi connectivity index (χ3n) is 3.02. The molecule has 3 nitrogen and oxygen atoms in total. The first-order valence-electron chi connectivity index (χ1n) is 4.37.